The Bertz CT molecular complexity index is 1380. The monoisotopic (exact) mass is 396 g/mol. The fourth-order valence-electron chi connectivity index (χ4n) is 4.66. The topological polar surface area (TPSA) is 0 Å². The highest BCUT2D eigenvalue weighted by Gasteiger charge is 2.12. The minimum atomic E-state index is 0.952. The van der Waals surface area contributed by atoms with Crippen molar-refractivity contribution in [3.05, 3.63) is 82.9 Å². The maximum atomic E-state index is 6.96. The molecule has 0 N–H and O–H groups in total. The molecule has 0 spiro atoms. The fraction of sp³-hybridized carbons (Fsp3) is 0.214. The van der Waals surface area contributed by atoms with Gasteiger partial charge in [-0.25, -0.2) is 0 Å². The Labute approximate surface area is 177 Å². The van der Waals surface area contributed by atoms with E-state index in [1.54, 1.807) is 0 Å². The van der Waals surface area contributed by atoms with Crippen LogP contribution in [-0.4, -0.2) is 0 Å². The highest BCUT2D eigenvalue weighted by atomic mass is 35.5. The van der Waals surface area contributed by atoms with Crippen LogP contribution in [0.2, 0.25) is 5.02 Å². The second kappa shape index (κ2) is 7.35. The molecule has 0 amide bonds. The van der Waals surface area contributed by atoms with Crippen molar-refractivity contribution in [2.45, 2.75) is 39.5 Å². The van der Waals surface area contributed by atoms with Gasteiger partial charge in [0.1, 0.15) is 0 Å². The number of hydrogen-bond acceptors (Lipinski definition) is 0. The number of rotatable bonds is 4. The lowest BCUT2D eigenvalue weighted by Crippen LogP contribution is -1.96. The van der Waals surface area contributed by atoms with Gasteiger partial charge in [-0.2, -0.15) is 0 Å². The molecule has 29 heavy (non-hydrogen) atoms. The molecule has 0 atom stereocenters. The van der Waals surface area contributed by atoms with Crippen LogP contribution in [-0.2, 0) is 12.8 Å². The van der Waals surface area contributed by atoms with Crippen molar-refractivity contribution < 1.29 is 0 Å². The molecule has 5 aromatic rings. The van der Waals surface area contributed by atoms with Gasteiger partial charge in [0, 0.05) is 5.39 Å². The smallest absolute Gasteiger partial charge is 0.0519 e. The van der Waals surface area contributed by atoms with Crippen molar-refractivity contribution in [2.24, 2.45) is 0 Å². The predicted octanol–water partition coefficient (Wildman–Crippen LogP) is 8.86. The molecule has 0 aliphatic carbocycles. The molecule has 0 fully saturated rings. The van der Waals surface area contributed by atoms with Gasteiger partial charge in [0.2, 0.25) is 0 Å². The van der Waals surface area contributed by atoms with Gasteiger partial charge in [-0.05, 0) is 98.1 Å². The van der Waals surface area contributed by atoms with Gasteiger partial charge in [0.15, 0.2) is 0 Å². The first-order chi connectivity index (χ1) is 14.2. The normalized spacial score (nSPS) is 11.8. The zero-order valence-corrected chi connectivity index (χ0v) is 17.8. The fourth-order valence-corrected chi connectivity index (χ4v) is 5.04. The van der Waals surface area contributed by atoms with Gasteiger partial charge >= 0.3 is 0 Å². The molecule has 0 bridgehead atoms. The van der Waals surface area contributed by atoms with Crippen molar-refractivity contribution in [1.82, 2.24) is 0 Å². The molecule has 5 aromatic carbocycles. The quantitative estimate of drug-likeness (QED) is 0.266. The summed E-state index contributed by atoms with van der Waals surface area (Å²) in [6.45, 7) is 4.47. The first-order valence-corrected chi connectivity index (χ1v) is 11.1. The lowest BCUT2D eigenvalue weighted by atomic mass is 9.92. The van der Waals surface area contributed by atoms with E-state index in [1.165, 1.54) is 54.2 Å². The van der Waals surface area contributed by atoms with Crippen molar-refractivity contribution in [3.8, 4) is 0 Å². The van der Waals surface area contributed by atoms with Gasteiger partial charge in [-0.3, -0.25) is 0 Å². The van der Waals surface area contributed by atoms with E-state index in [4.69, 9.17) is 11.6 Å². The van der Waals surface area contributed by atoms with Crippen LogP contribution in [0.1, 0.15) is 37.8 Å². The molecular weight excluding hydrogens is 372 g/mol. The van der Waals surface area contributed by atoms with Crippen molar-refractivity contribution >= 4 is 54.7 Å². The summed E-state index contributed by atoms with van der Waals surface area (Å²) in [4.78, 5) is 0. The zero-order valence-electron chi connectivity index (χ0n) is 17.1. The first kappa shape index (κ1) is 18.5. The van der Waals surface area contributed by atoms with E-state index in [0.717, 1.165) is 30.7 Å². The molecule has 0 aromatic heterocycles. The summed E-state index contributed by atoms with van der Waals surface area (Å²) in [6.07, 6.45) is 4.40. The molecule has 0 aliphatic rings. The molecule has 1 heteroatoms. The average molecular weight is 397 g/mol. The van der Waals surface area contributed by atoms with Crippen LogP contribution in [0.15, 0.2) is 66.7 Å². The SMILES string of the molecule is CCCc1cc2cc3cc4cc5ccccc5cc4cc3cc2c(Cl)c1CCC. The Morgan fingerprint density at radius 3 is 1.69 bits per heavy atom. The summed E-state index contributed by atoms with van der Waals surface area (Å²) >= 11 is 6.96. The van der Waals surface area contributed by atoms with Crippen LogP contribution in [0.5, 0.6) is 0 Å². The molecule has 0 heterocycles. The Kier molecular flexibility index (Phi) is 4.68. The van der Waals surface area contributed by atoms with E-state index in [1.807, 2.05) is 0 Å². The number of fused-ring (bicyclic) bond motifs is 4. The predicted molar refractivity (Wildman–Crippen MR) is 129 cm³/mol. The van der Waals surface area contributed by atoms with Gasteiger partial charge < -0.3 is 0 Å². The number of benzene rings is 5. The lowest BCUT2D eigenvalue weighted by molar-refractivity contribution is 0.864. The summed E-state index contributed by atoms with van der Waals surface area (Å²) in [7, 11) is 0. The van der Waals surface area contributed by atoms with Crippen molar-refractivity contribution in [3.63, 3.8) is 0 Å². The third kappa shape index (κ3) is 3.16. The van der Waals surface area contributed by atoms with Gasteiger partial charge in [-0.1, -0.05) is 68.6 Å². The second-order valence-corrected chi connectivity index (χ2v) is 8.53. The second-order valence-electron chi connectivity index (χ2n) is 8.15. The van der Waals surface area contributed by atoms with Gasteiger partial charge in [0.25, 0.3) is 0 Å². The van der Waals surface area contributed by atoms with Crippen molar-refractivity contribution in [2.75, 3.05) is 0 Å². The Morgan fingerprint density at radius 1 is 0.586 bits per heavy atom. The van der Waals surface area contributed by atoms with Crippen LogP contribution in [0.4, 0.5) is 0 Å². The molecule has 0 aliphatic heterocycles. The highest BCUT2D eigenvalue weighted by molar-refractivity contribution is 6.37. The number of hydrogen-bond donors (Lipinski definition) is 0. The zero-order chi connectivity index (χ0) is 20.0. The largest absolute Gasteiger partial charge is 0.0833 e. The Morgan fingerprint density at radius 2 is 1.10 bits per heavy atom. The first-order valence-electron chi connectivity index (χ1n) is 10.7. The maximum absolute atomic E-state index is 6.96. The number of aryl methyl sites for hydroxylation is 1. The van der Waals surface area contributed by atoms with Gasteiger partial charge in [-0.15, -0.1) is 0 Å². The van der Waals surface area contributed by atoms with Gasteiger partial charge in [0.05, 0.1) is 5.02 Å². The minimum Gasteiger partial charge on any atom is -0.0833 e. The van der Waals surface area contributed by atoms with Crippen LogP contribution in [0, 0.1) is 0 Å². The van der Waals surface area contributed by atoms with E-state index in [0.29, 0.717) is 0 Å². The van der Waals surface area contributed by atoms with E-state index >= 15 is 0 Å². The lowest BCUT2D eigenvalue weighted by Gasteiger charge is -2.15. The van der Waals surface area contributed by atoms with E-state index in [-0.39, 0.29) is 0 Å². The minimum absolute atomic E-state index is 0.952. The molecule has 0 radical (unpaired) electrons. The van der Waals surface area contributed by atoms with E-state index in [2.05, 4.69) is 80.6 Å². The Hall–Kier alpha value is -2.57. The van der Waals surface area contributed by atoms with E-state index < -0.39 is 0 Å². The van der Waals surface area contributed by atoms with Crippen LogP contribution >= 0.6 is 11.6 Å². The summed E-state index contributed by atoms with van der Waals surface area (Å²) in [5.41, 5.74) is 2.76. The van der Waals surface area contributed by atoms with Crippen LogP contribution in [0.3, 0.4) is 0 Å². The molecule has 0 saturated carbocycles. The van der Waals surface area contributed by atoms with Crippen LogP contribution in [0.25, 0.3) is 43.1 Å². The third-order valence-corrected chi connectivity index (χ3v) is 6.50. The third-order valence-electron chi connectivity index (χ3n) is 6.07. The summed E-state index contributed by atoms with van der Waals surface area (Å²) in [5, 5.41) is 11.1. The van der Waals surface area contributed by atoms with Crippen molar-refractivity contribution in [1.29, 1.82) is 0 Å². The summed E-state index contributed by atoms with van der Waals surface area (Å²) in [5.74, 6) is 0. The summed E-state index contributed by atoms with van der Waals surface area (Å²) in [6, 6.07) is 24.8. The molecule has 0 saturated heterocycles. The highest BCUT2D eigenvalue weighted by Crippen LogP contribution is 2.36. The molecule has 0 nitrogen and oxygen atoms in total. The van der Waals surface area contributed by atoms with E-state index in [9.17, 15) is 0 Å². The van der Waals surface area contributed by atoms with Crippen LogP contribution < -0.4 is 0 Å². The molecule has 5 rings (SSSR count). The molecule has 0 unspecified atom stereocenters. The molecular formula is C28H25Cl. The maximum Gasteiger partial charge on any atom is 0.0519 e. The average Bonchev–Trinajstić information content (AvgIpc) is 2.73. The molecule has 144 valence electrons. The summed E-state index contributed by atoms with van der Waals surface area (Å²) < 4.78 is 0. The standard InChI is InChI=1S/C28H25Cl/c1-3-7-20-13-25-16-23-14-21-11-18-9-5-6-10-19(18)12-22(21)15-24(23)17-27(25)28(29)26(20)8-4-2/h5-6,9-17H,3-4,7-8H2,1-2H3. The Balaban J connectivity index is 1.81. The number of halogens is 1.